The fourth-order valence-electron chi connectivity index (χ4n) is 3.44. The molecule has 1 aromatic heterocycles. The summed E-state index contributed by atoms with van der Waals surface area (Å²) in [6.07, 6.45) is 3.35. The van der Waals surface area contributed by atoms with Gasteiger partial charge in [-0.2, -0.15) is 0 Å². The van der Waals surface area contributed by atoms with Crippen molar-refractivity contribution in [1.82, 2.24) is 20.9 Å². The van der Waals surface area contributed by atoms with Crippen molar-refractivity contribution in [2.45, 2.75) is 18.9 Å². The Bertz CT molecular complexity index is 811. The van der Waals surface area contributed by atoms with Crippen LogP contribution in [0.1, 0.15) is 32.7 Å². The molecule has 1 fully saturated rings. The number of hydrogen-bond donors (Lipinski definition) is 3. The number of pyridine rings is 1. The number of carbonyl (C=O) groups excluding carboxylic acids is 2. The smallest absolute Gasteiger partial charge is 0.253 e. The molecule has 1 aromatic carbocycles. The number of amides is 2. The number of carbonyl (C=O) groups is 2. The van der Waals surface area contributed by atoms with Crippen LogP contribution in [0, 0.1) is 0 Å². The van der Waals surface area contributed by atoms with Gasteiger partial charge in [-0.15, -0.1) is 0 Å². The number of benzene rings is 1. The van der Waals surface area contributed by atoms with E-state index in [4.69, 9.17) is 0 Å². The molecular weight excluding hydrogens is 316 g/mol. The van der Waals surface area contributed by atoms with Crippen molar-refractivity contribution in [3.05, 3.63) is 53.2 Å². The Kier molecular flexibility index (Phi) is 4.19. The predicted octanol–water partition coefficient (Wildman–Crippen LogP) is 1.13. The van der Waals surface area contributed by atoms with Gasteiger partial charge in [0.25, 0.3) is 11.8 Å². The second kappa shape index (κ2) is 6.64. The van der Waals surface area contributed by atoms with Gasteiger partial charge in [-0.3, -0.25) is 14.6 Å². The quantitative estimate of drug-likeness (QED) is 0.784. The maximum Gasteiger partial charge on any atom is 0.253 e. The van der Waals surface area contributed by atoms with Crippen molar-refractivity contribution >= 4 is 11.8 Å². The van der Waals surface area contributed by atoms with E-state index in [1.54, 1.807) is 12.3 Å². The second-order valence-electron chi connectivity index (χ2n) is 6.43. The van der Waals surface area contributed by atoms with Crippen LogP contribution in [0.5, 0.6) is 0 Å². The molecule has 6 nitrogen and oxygen atoms in total. The van der Waals surface area contributed by atoms with Crippen LogP contribution in [0.25, 0.3) is 11.3 Å². The molecule has 25 heavy (non-hydrogen) atoms. The van der Waals surface area contributed by atoms with Gasteiger partial charge in [0.15, 0.2) is 0 Å². The van der Waals surface area contributed by atoms with Crippen LogP contribution in [-0.2, 0) is 6.42 Å². The summed E-state index contributed by atoms with van der Waals surface area (Å²) in [4.78, 5) is 28.7. The third-order valence-corrected chi connectivity index (χ3v) is 4.78. The molecule has 2 aliphatic rings. The van der Waals surface area contributed by atoms with E-state index in [0.29, 0.717) is 17.7 Å². The zero-order chi connectivity index (χ0) is 17.2. The molecule has 2 aromatic rings. The third kappa shape index (κ3) is 3.13. The standard InChI is InChI=1S/C19H20N4O2/c24-18(23-13-6-8-20-11-13)12-4-5-17(22-10-12)15-2-1-3-16-14(15)7-9-21-19(16)25/h1-5,10,13,20H,6-9,11H2,(H,21,25)(H,23,24). The fraction of sp³-hybridized carbons (Fsp3) is 0.316. The average Bonchev–Trinajstić information content (AvgIpc) is 3.15. The molecule has 0 saturated carbocycles. The van der Waals surface area contributed by atoms with Crippen molar-refractivity contribution in [3.8, 4) is 11.3 Å². The Morgan fingerprint density at radius 2 is 2.04 bits per heavy atom. The summed E-state index contributed by atoms with van der Waals surface area (Å²) in [6.45, 7) is 2.39. The lowest BCUT2D eigenvalue weighted by Gasteiger charge is -2.19. The molecule has 0 spiro atoms. The molecule has 3 N–H and O–H groups in total. The number of rotatable bonds is 3. The van der Waals surface area contributed by atoms with Crippen molar-refractivity contribution in [1.29, 1.82) is 0 Å². The molecule has 2 amide bonds. The molecular formula is C19H20N4O2. The van der Waals surface area contributed by atoms with E-state index in [2.05, 4.69) is 20.9 Å². The molecule has 1 atom stereocenters. The minimum atomic E-state index is -0.0952. The Labute approximate surface area is 146 Å². The normalized spacial score (nSPS) is 19.2. The first-order valence-corrected chi connectivity index (χ1v) is 8.60. The summed E-state index contributed by atoms with van der Waals surface area (Å²) in [5.74, 6) is -0.133. The first kappa shape index (κ1) is 15.8. The maximum absolute atomic E-state index is 12.3. The lowest BCUT2D eigenvalue weighted by Crippen LogP contribution is -2.36. The number of hydrogen-bond acceptors (Lipinski definition) is 4. The predicted molar refractivity (Wildman–Crippen MR) is 94.5 cm³/mol. The number of fused-ring (bicyclic) bond motifs is 1. The minimum Gasteiger partial charge on any atom is -0.352 e. The van der Waals surface area contributed by atoms with Gasteiger partial charge >= 0.3 is 0 Å². The van der Waals surface area contributed by atoms with Crippen LogP contribution >= 0.6 is 0 Å². The highest BCUT2D eigenvalue weighted by molar-refractivity contribution is 5.98. The van der Waals surface area contributed by atoms with E-state index in [1.165, 1.54) is 0 Å². The molecule has 0 bridgehead atoms. The van der Waals surface area contributed by atoms with Gasteiger partial charge in [0.2, 0.25) is 0 Å². The third-order valence-electron chi connectivity index (χ3n) is 4.78. The van der Waals surface area contributed by atoms with E-state index in [1.807, 2.05) is 24.3 Å². The van der Waals surface area contributed by atoms with Gasteiger partial charge < -0.3 is 16.0 Å². The topological polar surface area (TPSA) is 83.1 Å². The van der Waals surface area contributed by atoms with E-state index >= 15 is 0 Å². The number of nitrogens with one attached hydrogen (secondary N) is 3. The Balaban J connectivity index is 1.57. The van der Waals surface area contributed by atoms with Crippen molar-refractivity contribution in [3.63, 3.8) is 0 Å². The molecule has 6 heteroatoms. The molecule has 0 aliphatic carbocycles. The Morgan fingerprint density at radius 1 is 1.16 bits per heavy atom. The summed E-state index contributed by atoms with van der Waals surface area (Å²) < 4.78 is 0. The second-order valence-corrected chi connectivity index (χ2v) is 6.43. The van der Waals surface area contributed by atoms with Crippen LogP contribution in [0.2, 0.25) is 0 Å². The summed E-state index contributed by atoms with van der Waals surface area (Å²) in [6, 6.07) is 9.52. The lowest BCUT2D eigenvalue weighted by atomic mass is 9.93. The van der Waals surface area contributed by atoms with E-state index < -0.39 is 0 Å². The zero-order valence-electron chi connectivity index (χ0n) is 13.8. The van der Waals surface area contributed by atoms with Crippen molar-refractivity contribution < 1.29 is 9.59 Å². The molecule has 0 radical (unpaired) electrons. The molecule has 2 aliphatic heterocycles. The van der Waals surface area contributed by atoms with Gasteiger partial charge in [0.05, 0.1) is 11.3 Å². The summed E-state index contributed by atoms with van der Waals surface area (Å²) >= 11 is 0. The molecule has 4 rings (SSSR count). The van der Waals surface area contributed by atoms with E-state index in [-0.39, 0.29) is 17.9 Å². The van der Waals surface area contributed by atoms with Gasteiger partial charge in [-0.25, -0.2) is 0 Å². The van der Waals surface area contributed by atoms with Crippen LogP contribution in [0.15, 0.2) is 36.5 Å². The van der Waals surface area contributed by atoms with Crippen LogP contribution in [0.4, 0.5) is 0 Å². The van der Waals surface area contributed by atoms with Crippen LogP contribution < -0.4 is 16.0 Å². The zero-order valence-corrected chi connectivity index (χ0v) is 13.8. The van der Waals surface area contributed by atoms with Crippen LogP contribution in [0.3, 0.4) is 0 Å². The molecule has 1 unspecified atom stereocenters. The number of aromatic nitrogens is 1. The largest absolute Gasteiger partial charge is 0.352 e. The SMILES string of the molecule is O=C(NC1CCNC1)c1ccc(-c2cccc3c2CCNC3=O)nc1. The van der Waals surface area contributed by atoms with Gasteiger partial charge in [0, 0.05) is 36.5 Å². The monoisotopic (exact) mass is 336 g/mol. The fourth-order valence-corrected chi connectivity index (χ4v) is 3.44. The van der Waals surface area contributed by atoms with E-state index in [0.717, 1.165) is 42.8 Å². The van der Waals surface area contributed by atoms with E-state index in [9.17, 15) is 9.59 Å². The number of nitrogens with zero attached hydrogens (tertiary/aromatic N) is 1. The summed E-state index contributed by atoms with van der Waals surface area (Å²) in [5.41, 5.74) is 4.03. The lowest BCUT2D eigenvalue weighted by molar-refractivity contribution is 0.0934. The highest BCUT2D eigenvalue weighted by atomic mass is 16.2. The molecule has 128 valence electrons. The summed E-state index contributed by atoms with van der Waals surface area (Å²) in [5, 5.41) is 9.10. The maximum atomic E-state index is 12.3. The first-order chi connectivity index (χ1) is 12.2. The van der Waals surface area contributed by atoms with Gasteiger partial charge in [-0.05, 0) is 43.1 Å². The highest BCUT2D eigenvalue weighted by Gasteiger charge is 2.21. The Morgan fingerprint density at radius 3 is 2.80 bits per heavy atom. The van der Waals surface area contributed by atoms with Crippen molar-refractivity contribution in [2.24, 2.45) is 0 Å². The Hall–Kier alpha value is -2.73. The highest BCUT2D eigenvalue weighted by Crippen LogP contribution is 2.27. The van der Waals surface area contributed by atoms with Gasteiger partial charge in [0.1, 0.15) is 0 Å². The van der Waals surface area contributed by atoms with Crippen LogP contribution in [-0.4, -0.2) is 42.5 Å². The van der Waals surface area contributed by atoms with Crippen molar-refractivity contribution in [2.75, 3.05) is 19.6 Å². The average molecular weight is 336 g/mol. The first-order valence-electron chi connectivity index (χ1n) is 8.60. The minimum absolute atomic E-state index is 0.0377. The molecule has 3 heterocycles. The van der Waals surface area contributed by atoms with Gasteiger partial charge in [-0.1, -0.05) is 12.1 Å². The molecule has 1 saturated heterocycles. The summed E-state index contributed by atoms with van der Waals surface area (Å²) in [7, 11) is 0.